The number of fused-ring (bicyclic) bond motifs is 1. The van der Waals surface area contributed by atoms with Crippen molar-refractivity contribution in [3.63, 3.8) is 0 Å². The third-order valence-corrected chi connectivity index (χ3v) is 5.24. The van der Waals surface area contributed by atoms with Gasteiger partial charge in [0.2, 0.25) is 0 Å². The van der Waals surface area contributed by atoms with Gasteiger partial charge in [0.05, 0.1) is 0 Å². The molecule has 24 heavy (non-hydrogen) atoms. The van der Waals surface area contributed by atoms with Gasteiger partial charge < -0.3 is 10.0 Å². The van der Waals surface area contributed by atoms with Crippen molar-refractivity contribution < 1.29 is 14.7 Å². The van der Waals surface area contributed by atoms with Crippen LogP contribution in [0.15, 0.2) is 36.9 Å². The highest BCUT2D eigenvalue weighted by atomic mass is 16.4. The van der Waals surface area contributed by atoms with E-state index >= 15 is 0 Å². The lowest BCUT2D eigenvalue weighted by Gasteiger charge is -2.24. The van der Waals surface area contributed by atoms with E-state index < -0.39 is 12.0 Å². The standard InChI is InChI=1S/C17H18N4O3/c22-16(11-4-6-13(7-5-11)20-9-18-19-10-20)21-8-12-2-1-3-14(12)15(21)17(23)24/h4-7,9-10,12,14-15H,1-3,8H2,(H,23,24). The summed E-state index contributed by atoms with van der Waals surface area (Å²) < 4.78 is 1.74. The molecule has 7 heteroatoms. The fourth-order valence-corrected chi connectivity index (χ4v) is 4.11. The maximum Gasteiger partial charge on any atom is 0.326 e. The Hall–Kier alpha value is -2.70. The number of carbonyl (C=O) groups is 2. The van der Waals surface area contributed by atoms with Gasteiger partial charge in [0.15, 0.2) is 0 Å². The molecular formula is C17H18N4O3. The first kappa shape index (κ1) is 14.9. The molecule has 1 aromatic heterocycles. The third-order valence-electron chi connectivity index (χ3n) is 5.24. The Morgan fingerprint density at radius 2 is 1.79 bits per heavy atom. The van der Waals surface area contributed by atoms with Crippen LogP contribution in [0.3, 0.4) is 0 Å². The van der Waals surface area contributed by atoms with E-state index in [2.05, 4.69) is 10.2 Å². The van der Waals surface area contributed by atoms with Crippen LogP contribution in [-0.2, 0) is 4.79 Å². The summed E-state index contributed by atoms with van der Waals surface area (Å²) >= 11 is 0. The van der Waals surface area contributed by atoms with Gasteiger partial charge in [-0.1, -0.05) is 6.42 Å². The van der Waals surface area contributed by atoms with Crippen molar-refractivity contribution in [3.05, 3.63) is 42.5 Å². The van der Waals surface area contributed by atoms with Crippen molar-refractivity contribution in [2.45, 2.75) is 25.3 Å². The predicted molar refractivity (Wildman–Crippen MR) is 84.7 cm³/mol. The summed E-state index contributed by atoms with van der Waals surface area (Å²) in [7, 11) is 0. The van der Waals surface area contributed by atoms with Crippen LogP contribution in [0.5, 0.6) is 0 Å². The number of nitrogens with zero attached hydrogens (tertiary/aromatic N) is 4. The van der Waals surface area contributed by atoms with Crippen LogP contribution >= 0.6 is 0 Å². The molecule has 124 valence electrons. The molecule has 7 nitrogen and oxygen atoms in total. The van der Waals surface area contributed by atoms with E-state index in [0.717, 1.165) is 24.9 Å². The van der Waals surface area contributed by atoms with E-state index in [1.165, 1.54) is 0 Å². The van der Waals surface area contributed by atoms with Crippen LogP contribution in [0.25, 0.3) is 5.69 Å². The van der Waals surface area contributed by atoms with E-state index in [1.54, 1.807) is 34.3 Å². The number of rotatable bonds is 3. The highest BCUT2D eigenvalue weighted by Crippen LogP contribution is 2.42. The first-order chi connectivity index (χ1) is 11.6. The average molecular weight is 326 g/mol. The van der Waals surface area contributed by atoms with Gasteiger partial charge >= 0.3 is 5.97 Å². The third kappa shape index (κ3) is 2.36. The molecule has 1 amide bonds. The van der Waals surface area contributed by atoms with Crippen molar-refractivity contribution in [3.8, 4) is 5.69 Å². The van der Waals surface area contributed by atoms with Gasteiger partial charge in [0, 0.05) is 17.8 Å². The Balaban J connectivity index is 1.58. The number of aromatic nitrogens is 3. The summed E-state index contributed by atoms with van der Waals surface area (Å²) in [6.07, 6.45) is 6.15. The van der Waals surface area contributed by atoms with E-state index in [9.17, 15) is 14.7 Å². The number of hydrogen-bond acceptors (Lipinski definition) is 4. The Kier molecular flexibility index (Phi) is 3.55. The summed E-state index contributed by atoms with van der Waals surface area (Å²) in [6.45, 7) is 0.549. The molecule has 2 fully saturated rings. The van der Waals surface area contributed by atoms with E-state index in [4.69, 9.17) is 0 Å². The second-order valence-electron chi connectivity index (χ2n) is 6.51. The number of amides is 1. The highest BCUT2D eigenvalue weighted by molar-refractivity contribution is 5.97. The van der Waals surface area contributed by atoms with Crippen LogP contribution in [0.2, 0.25) is 0 Å². The quantitative estimate of drug-likeness (QED) is 0.925. The number of likely N-dealkylation sites (tertiary alicyclic amines) is 1. The summed E-state index contributed by atoms with van der Waals surface area (Å²) in [4.78, 5) is 26.1. The molecule has 1 aromatic carbocycles. The molecular weight excluding hydrogens is 308 g/mol. The highest BCUT2D eigenvalue weighted by Gasteiger charge is 2.49. The zero-order chi connectivity index (χ0) is 16.7. The van der Waals surface area contributed by atoms with Crippen LogP contribution in [0.4, 0.5) is 0 Å². The van der Waals surface area contributed by atoms with Crippen LogP contribution in [0, 0.1) is 11.8 Å². The Labute approximate surface area is 138 Å². The van der Waals surface area contributed by atoms with Crippen molar-refractivity contribution in [1.82, 2.24) is 19.7 Å². The molecule has 2 aliphatic rings. The van der Waals surface area contributed by atoms with Crippen molar-refractivity contribution in [2.24, 2.45) is 11.8 Å². The lowest BCUT2D eigenvalue weighted by Crippen LogP contribution is -2.43. The fraction of sp³-hybridized carbons (Fsp3) is 0.412. The molecule has 1 aliphatic carbocycles. The van der Waals surface area contributed by atoms with Crippen LogP contribution < -0.4 is 0 Å². The normalized spacial score (nSPS) is 25.7. The van der Waals surface area contributed by atoms with Gasteiger partial charge in [-0.25, -0.2) is 4.79 Å². The number of aliphatic carboxylic acids is 1. The average Bonchev–Trinajstić information content (AvgIpc) is 3.30. The monoisotopic (exact) mass is 326 g/mol. The number of carbonyl (C=O) groups excluding carboxylic acids is 1. The minimum absolute atomic E-state index is 0.0998. The maximum atomic E-state index is 12.8. The number of carboxylic acids is 1. The lowest BCUT2D eigenvalue weighted by molar-refractivity contribution is -0.142. The minimum atomic E-state index is -0.890. The van der Waals surface area contributed by atoms with Crippen molar-refractivity contribution >= 4 is 11.9 Å². The van der Waals surface area contributed by atoms with Gasteiger partial charge in [-0.05, 0) is 48.9 Å². The SMILES string of the molecule is O=C(O)C1C2CCCC2CN1C(=O)c1ccc(-n2cnnc2)cc1. The van der Waals surface area contributed by atoms with Crippen molar-refractivity contribution in [1.29, 1.82) is 0 Å². The molecule has 1 N–H and O–H groups in total. The van der Waals surface area contributed by atoms with Gasteiger partial charge in [0.1, 0.15) is 18.7 Å². The van der Waals surface area contributed by atoms with Gasteiger partial charge in [0.25, 0.3) is 5.91 Å². The minimum Gasteiger partial charge on any atom is -0.480 e. The predicted octanol–water partition coefficient (Wildman–Crippen LogP) is 1.59. The zero-order valence-electron chi connectivity index (χ0n) is 13.1. The molecule has 0 radical (unpaired) electrons. The number of carboxylic acid groups (broad SMARTS) is 1. The first-order valence-corrected chi connectivity index (χ1v) is 8.14. The first-order valence-electron chi connectivity index (χ1n) is 8.14. The molecule has 3 atom stereocenters. The Morgan fingerprint density at radius 3 is 2.46 bits per heavy atom. The molecule has 1 saturated heterocycles. The largest absolute Gasteiger partial charge is 0.480 e. The molecule has 2 aromatic rings. The lowest BCUT2D eigenvalue weighted by atomic mass is 9.94. The van der Waals surface area contributed by atoms with Crippen LogP contribution in [0.1, 0.15) is 29.6 Å². The smallest absolute Gasteiger partial charge is 0.326 e. The molecule has 1 aliphatic heterocycles. The second kappa shape index (κ2) is 5.74. The molecule has 3 unspecified atom stereocenters. The molecule has 4 rings (SSSR count). The molecule has 0 bridgehead atoms. The molecule has 1 saturated carbocycles. The Morgan fingerprint density at radius 1 is 1.08 bits per heavy atom. The summed E-state index contributed by atoms with van der Waals surface area (Å²) in [5.74, 6) is -0.667. The van der Waals surface area contributed by atoms with E-state index in [-0.39, 0.29) is 11.8 Å². The summed E-state index contributed by atoms with van der Waals surface area (Å²) in [5.41, 5.74) is 1.36. The summed E-state index contributed by atoms with van der Waals surface area (Å²) in [6, 6.07) is 6.38. The second-order valence-corrected chi connectivity index (χ2v) is 6.51. The molecule has 0 spiro atoms. The fourth-order valence-electron chi connectivity index (χ4n) is 4.11. The number of hydrogen-bond donors (Lipinski definition) is 1. The summed E-state index contributed by atoms with van der Waals surface area (Å²) in [5, 5.41) is 17.1. The number of benzene rings is 1. The van der Waals surface area contributed by atoms with Crippen molar-refractivity contribution in [2.75, 3.05) is 6.54 Å². The Bertz CT molecular complexity index is 757. The van der Waals surface area contributed by atoms with E-state index in [1.807, 2.05) is 12.1 Å². The van der Waals surface area contributed by atoms with Gasteiger partial charge in [-0.2, -0.15) is 0 Å². The topological polar surface area (TPSA) is 88.3 Å². The van der Waals surface area contributed by atoms with Gasteiger partial charge in [-0.3, -0.25) is 9.36 Å². The maximum absolute atomic E-state index is 12.8. The van der Waals surface area contributed by atoms with Gasteiger partial charge in [-0.15, -0.1) is 10.2 Å². The zero-order valence-corrected chi connectivity index (χ0v) is 13.1. The molecule has 2 heterocycles. The van der Waals surface area contributed by atoms with Crippen LogP contribution in [-0.4, -0.2) is 49.2 Å². The van der Waals surface area contributed by atoms with E-state index in [0.29, 0.717) is 18.0 Å².